The van der Waals surface area contributed by atoms with Gasteiger partial charge < -0.3 is 24.8 Å². The molecule has 3 N–H and O–H groups in total. The molecule has 6 nitrogen and oxygen atoms in total. The third kappa shape index (κ3) is 5.77. The van der Waals surface area contributed by atoms with Crippen molar-refractivity contribution in [2.75, 3.05) is 0 Å². The minimum atomic E-state index is -1.25. The molecule has 2 aliphatic rings. The zero-order valence-corrected chi connectivity index (χ0v) is 20.4. The molecule has 0 aromatic carbocycles. The van der Waals surface area contributed by atoms with Gasteiger partial charge in [-0.15, -0.1) is 0 Å². The molecular formula is C25H44O6. The largest absolute Gasteiger partial charge is 0.393 e. The molecule has 31 heavy (non-hydrogen) atoms. The maximum absolute atomic E-state index is 13.0. The number of Topliss-reactive ketones (excluding diaryl/α,β-unsaturated/α-hetero) is 1. The van der Waals surface area contributed by atoms with Gasteiger partial charge in [-0.2, -0.15) is 0 Å². The molecule has 0 spiro atoms. The van der Waals surface area contributed by atoms with E-state index in [0.717, 1.165) is 5.57 Å². The quantitative estimate of drug-likeness (QED) is 0.501. The average Bonchev–Trinajstić information content (AvgIpc) is 2.68. The Hall–Kier alpha value is -0.790. The summed E-state index contributed by atoms with van der Waals surface area (Å²) in [7, 11) is 0. The van der Waals surface area contributed by atoms with Gasteiger partial charge in [0.2, 0.25) is 0 Å². The predicted octanol–water partition coefficient (Wildman–Crippen LogP) is 3.41. The van der Waals surface area contributed by atoms with Crippen LogP contribution in [0.3, 0.4) is 0 Å². The Kier molecular flexibility index (Phi) is 8.54. The second-order valence-electron chi connectivity index (χ2n) is 10.8. The summed E-state index contributed by atoms with van der Waals surface area (Å²) in [6.45, 7) is 17.6. The van der Waals surface area contributed by atoms with Gasteiger partial charge in [0, 0.05) is 37.0 Å². The Balaban J connectivity index is 2.05. The van der Waals surface area contributed by atoms with Crippen LogP contribution < -0.4 is 0 Å². The lowest BCUT2D eigenvalue weighted by molar-refractivity contribution is -0.197. The lowest BCUT2D eigenvalue weighted by atomic mass is 9.72. The van der Waals surface area contributed by atoms with Crippen LogP contribution in [0.15, 0.2) is 12.2 Å². The number of hydrogen-bond donors (Lipinski definition) is 3. The lowest BCUT2D eigenvalue weighted by Crippen LogP contribution is -2.54. The number of ketones is 1. The number of hydrogen-bond acceptors (Lipinski definition) is 6. The molecule has 0 radical (unpaired) electrons. The van der Waals surface area contributed by atoms with Crippen molar-refractivity contribution in [2.45, 2.75) is 123 Å². The zero-order valence-electron chi connectivity index (χ0n) is 20.4. The van der Waals surface area contributed by atoms with E-state index in [1.165, 1.54) is 0 Å². The molecule has 2 rings (SSSR count). The molecule has 9 atom stereocenters. The van der Waals surface area contributed by atoms with Crippen molar-refractivity contribution in [1.29, 1.82) is 0 Å². The zero-order chi connectivity index (χ0) is 23.7. The summed E-state index contributed by atoms with van der Waals surface area (Å²) in [5, 5.41) is 31.8. The van der Waals surface area contributed by atoms with Crippen molar-refractivity contribution in [3.05, 3.63) is 12.2 Å². The van der Waals surface area contributed by atoms with Gasteiger partial charge in [-0.1, -0.05) is 46.8 Å². The van der Waals surface area contributed by atoms with Crippen LogP contribution in [0.25, 0.3) is 0 Å². The van der Waals surface area contributed by atoms with Crippen LogP contribution in [-0.4, -0.2) is 63.3 Å². The number of carbonyl (C=O) groups excluding carboxylic acids is 1. The van der Waals surface area contributed by atoms with Gasteiger partial charge in [0.05, 0.1) is 30.5 Å². The van der Waals surface area contributed by atoms with Crippen LogP contribution in [0.1, 0.15) is 80.6 Å². The summed E-state index contributed by atoms with van der Waals surface area (Å²) in [6.07, 6.45) is -0.980. The van der Waals surface area contributed by atoms with Gasteiger partial charge in [0.25, 0.3) is 0 Å². The van der Waals surface area contributed by atoms with E-state index in [1.54, 1.807) is 6.92 Å². The molecule has 0 bridgehead atoms. The second-order valence-corrected chi connectivity index (χ2v) is 10.8. The number of rotatable bonds is 8. The third-order valence-corrected chi connectivity index (χ3v) is 7.86. The first kappa shape index (κ1) is 26.5. The summed E-state index contributed by atoms with van der Waals surface area (Å²) in [6, 6.07) is 0. The summed E-state index contributed by atoms with van der Waals surface area (Å²) in [5.74, 6) is -0.274. The SMILES string of the molecule is C=C1C[C@](C)([C@H](O)C(=O)C[C@@H](C)[C@@H]2C[C@@H](O)C(C)(C)[C@@H](C[C@H](O)CC)O2)O[C@H](C)[C@@H]1C. The highest BCUT2D eigenvalue weighted by Gasteiger charge is 2.48. The van der Waals surface area contributed by atoms with Gasteiger partial charge in [0.15, 0.2) is 5.78 Å². The van der Waals surface area contributed by atoms with Crippen molar-refractivity contribution in [3.63, 3.8) is 0 Å². The molecule has 0 saturated carbocycles. The van der Waals surface area contributed by atoms with Crippen LogP contribution in [0.2, 0.25) is 0 Å². The Bertz CT molecular complexity index is 646. The molecule has 180 valence electrons. The van der Waals surface area contributed by atoms with Gasteiger partial charge in [-0.05, 0) is 26.2 Å². The minimum Gasteiger partial charge on any atom is -0.393 e. The molecule has 6 heteroatoms. The minimum absolute atomic E-state index is 0.115. The molecule has 2 fully saturated rings. The van der Waals surface area contributed by atoms with E-state index in [-0.39, 0.29) is 42.4 Å². The molecule has 0 amide bonds. The summed E-state index contributed by atoms with van der Waals surface area (Å²) in [5.41, 5.74) is -0.478. The molecule has 0 unspecified atom stereocenters. The van der Waals surface area contributed by atoms with E-state index >= 15 is 0 Å². The lowest BCUT2D eigenvalue weighted by Gasteiger charge is -2.48. The van der Waals surface area contributed by atoms with E-state index < -0.39 is 29.3 Å². The Labute approximate surface area is 188 Å². The predicted molar refractivity (Wildman–Crippen MR) is 121 cm³/mol. The summed E-state index contributed by atoms with van der Waals surface area (Å²) < 4.78 is 12.4. The van der Waals surface area contributed by atoms with E-state index in [2.05, 4.69) is 6.58 Å². The van der Waals surface area contributed by atoms with Gasteiger partial charge in [0.1, 0.15) is 11.7 Å². The van der Waals surface area contributed by atoms with Gasteiger partial charge >= 0.3 is 0 Å². The molecule has 2 heterocycles. The monoisotopic (exact) mass is 440 g/mol. The molecule has 2 aliphatic heterocycles. The second kappa shape index (κ2) is 10.0. The maximum Gasteiger partial charge on any atom is 0.164 e. The first-order valence-electron chi connectivity index (χ1n) is 11.8. The van der Waals surface area contributed by atoms with E-state index in [0.29, 0.717) is 25.7 Å². The third-order valence-electron chi connectivity index (χ3n) is 7.86. The Morgan fingerprint density at radius 3 is 2.42 bits per heavy atom. The van der Waals surface area contributed by atoms with Crippen LogP contribution >= 0.6 is 0 Å². The van der Waals surface area contributed by atoms with Gasteiger partial charge in [-0.25, -0.2) is 0 Å². The molecular weight excluding hydrogens is 396 g/mol. The van der Waals surface area contributed by atoms with Crippen LogP contribution in [0.5, 0.6) is 0 Å². The number of carbonyl (C=O) groups is 1. The average molecular weight is 441 g/mol. The first-order chi connectivity index (χ1) is 14.2. The van der Waals surface area contributed by atoms with Crippen molar-refractivity contribution in [3.8, 4) is 0 Å². The molecule has 2 saturated heterocycles. The fourth-order valence-corrected chi connectivity index (χ4v) is 4.89. The molecule has 0 aromatic heterocycles. The normalized spacial score (nSPS) is 39.0. The fraction of sp³-hybridized carbons (Fsp3) is 0.880. The summed E-state index contributed by atoms with van der Waals surface area (Å²) in [4.78, 5) is 13.0. The number of aliphatic hydroxyl groups is 3. The first-order valence-corrected chi connectivity index (χ1v) is 11.8. The van der Waals surface area contributed by atoms with E-state index in [4.69, 9.17) is 9.47 Å². The fourth-order valence-electron chi connectivity index (χ4n) is 4.89. The maximum atomic E-state index is 13.0. The van der Waals surface area contributed by atoms with E-state index in [1.807, 2.05) is 41.5 Å². The highest BCUT2D eigenvalue weighted by Crippen LogP contribution is 2.42. The highest BCUT2D eigenvalue weighted by molar-refractivity contribution is 5.84. The van der Waals surface area contributed by atoms with Crippen molar-refractivity contribution < 1.29 is 29.6 Å². The Morgan fingerprint density at radius 1 is 1.26 bits per heavy atom. The smallest absolute Gasteiger partial charge is 0.164 e. The van der Waals surface area contributed by atoms with Crippen molar-refractivity contribution >= 4 is 5.78 Å². The van der Waals surface area contributed by atoms with Crippen LogP contribution in [0.4, 0.5) is 0 Å². The summed E-state index contributed by atoms with van der Waals surface area (Å²) >= 11 is 0. The number of ether oxygens (including phenoxy) is 2. The Morgan fingerprint density at radius 2 is 1.87 bits per heavy atom. The molecule has 0 aliphatic carbocycles. The number of aliphatic hydroxyl groups excluding tert-OH is 3. The van der Waals surface area contributed by atoms with Crippen LogP contribution in [-0.2, 0) is 14.3 Å². The van der Waals surface area contributed by atoms with E-state index in [9.17, 15) is 20.1 Å². The van der Waals surface area contributed by atoms with Crippen molar-refractivity contribution in [2.24, 2.45) is 17.3 Å². The van der Waals surface area contributed by atoms with Crippen LogP contribution in [0, 0.1) is 17.3 Å². The van der Waals surface area contributed by atoms with Gasteiger partial charge in [-0.3, -0.25) is 4.79 Å². The topological polar surface area (TPSA) is 96.2 Å². The highest BCUT2D eigenvalue weighted by atomic mass is 16.5. The standard InChI is InChI=1S/C25H44O6/c1-9-18(26)11-22-24(6,7)21(28)12-20(30-22)14(2)10-19(27)23(29)25(8)13-15(3)16(4)17(5)31-25/h14,16-18,20-23,26,28-29H,3,9-13H2,1-2,4-8H3/t14-,16-,17-,18-,20+,21-,22-,23-,25-/m1/s1. The van der Waals surface area contributed by atoms with Crippen molar-refractivity contribution in [1.82, 2.24) is 0 Å². The molecule has 0 aromatic rings.